The standard InChI is InChI=1S/C13H14O3/c14-13-12(7-9-16-13)6-8-15-10-11-4-2-1-3-5-11/h1-5,7H,6,8-10H2. The Hall–Kier alpha value is -1.61. The van der Waals surface area contributed by atoms with Crippen LogP contribution < -0.4 is 0 Å². The summed E-state index contributed by atoms with van der Waals surface area (Å²) in [4.78, 5) is 11.1. The average molecular weight is 218 g/mol. The number of carbonyl (C=O) groups excluding carboxylic acids is 1. The van der Waals surface area contributed by atoms with Crippen LogP contribution in [0.1, 0.15) is 12.0 Å². The Bertz CT molecular complexity index is 381. The number of hydrogen-bond acceptors (Lipinski definition) is 3. The number of cyclic esters (lactones) is 1. The van der Waals surface area contributed by atoms with E-state index in [0.717, 1.165) is 11.1 Å². The molecule has 0 radical (unpaired) electrons. The number of carbonyl (C=O) groups is 1. The van der Waals surface area contributed by atoms with Gasteiger partial charge in [-0.05, 0) is 11.6 Å². The Labute approximate surface area is 94.7 Å². The van der Waals surface area contributed by atoms with Crippen LogP contribution in [0.3, 0.4) is 0 Å². The summed E-state index contributed by atoms with van der Waals surface area (Å²) in [5.74, 6) is -0.205. The molecule has 0 spiro atoms. The van der Waals surface area contributed by atoms with E-state index in [9.17, 15) is 4.79 Å². The molecule has 0 atom stereocenters. The van der Waals surface area contributed by atoms with Gasteiger partial charge >= 0.3 is 5.97 Å². The highest BCUT2D eigenvalue weighted by atomic mass is 16.5. The van der Waals surface area contributed by atoms with Crippen molar-refractivity contribution in [1.82, 2.24) is 0 Å². The molecule has 84 valence electrons. The third-order valence-corrected chi connectivity index (χ3v) is 2.43. The van der Waals surface area contributed by atoms with E-state index in [0.29, 0.717) is 26.2 Å². The van der Waals surface area contributed by atoms with E-state index in [1.54, 1.807) is 0 Å². The summed E-state index contributed by atoms with van der Waals surface area (Å²) in [5, 5.41) is 0. The van der Waals surface area contributed by atoms with Crippen molar-refractivity contribution in [1.29, 1.82) is 0 Å². The molecular formula is C13H14O3. The minimum atomic E-state index is -0.205. The molecule has 1 aromatic rings. The highest BCUT2D eigenvalue weighted by Crippen LogP contribution is 2.11. The minimum absolute atomic E-state index is 0.205. The lowest BCUT2D eigenvalue weighted by atomic mass is 10.2. The summed E-state index contributed by atoms with van der Waals surface area (Å²) in [6, 6.07) is 9.97. The second kappa shape index (κ2) is 5.47. The predicted molar refractivity (Wildman–Crippen MR) is 59.8 cm³/mol. The molecule has 3 heteroatoms. The van der Waals surface area contributed by atoms with Gasteiger partial charge in [0.05, 0.1) is 13.2 Å². The van der Waals surface area contributed by atoms with Gasteiger partial charge in [0, 0.05) is 12.0 Å². The van der Waals surface area contributed by atoms with Crippen LogP contribution in [0.2, 0.25) is 0 Å². The van der Waals surface area contributed by atoms with Crippen LogP contribution in [0.5, 0.6) is 0 Å². The van der Waals surface area contributed by atoms with Crippen LogP contribution in [0, 0.1) is 0 Å². The Morgan fingerprint density at radius 2 is 2.06 bits per heavy atom. The molecule has 0 bridgehead atoms. The lowest BCUT2D eigenvalue weighted by Gasteiger charge is -2.03. The van der Waals surface area contributed by atoms with Crippen LogP contribution >= 0.6 is 0 Å². The van der Waals surface area contributed by atoms with Crippen molar-refractivity contribution in [2.24, 2.45) is 0 Å². The Balaban J connectivity index is 1.68. The van der Waals surface area contributed by atoms with Gasteiger partial charge in [0.25, 0.3) is 0 Å². The second-order valence-electron chi connectivity index (χ2n) is 3.62. The summed E-state index contributed by atoms with van der Waals surface area (Å²) in [7, 11) is 0. The summed E-state index contributed by atoms with van der Waals surface area (Å²) in [5.41, 5.74) is 1.87. The SMILES string of the molecule is O=C1OCC=C1CCOCc1ccccc1. The van der Waals surface area contributed by atoms with Gasteiger partial charge in [-0.25, -0.2) is 4.79 Å². The van der Waals surface area contributed by atoms with Crippen molar-refractivity contribution < 1.29 is 14.3 Å². The van der Waals surface area contributed by atoms with E-state index in [-0.39, 0.29) is 5.97 Å². The zero-order valence-corrected chi connectivity index (χ0v) is 9.02. The molecule has 16 heavy (non-hydrogen) atoms. The van der Waals surface area contributed by atoms with Gasteiger partial charge in [0.2, 0.25) is 0 Å². The summed E-state index contributed by atoms with van der Waals surface area (Å²) in [6.07, 6.45) is 2.44. The largest absolute Gasteiger partial charge is 0.458 e. The highest BCUT2D eigenvalue weighted by Gasteiger charge is 2.15. The van der Waals surface area contributed by atoms with Gasteiger partial charge in [-0.15, -0.1) is 0 Å². The normalized spacial score (nSPS) is 14.8. The number of hydrogen-bond donors (Lipinski definition) is 0. The van der Waals surface area contributed by atoms with Crippen LogP contribution in [0.15, 0.2) is 42.0 Å². The number of esters is 1. The van der Waals surface area contributed by atoms with E-state index in [4.69, 9.17) is 9.47 Å². The van der Waals surface area contributed by atoms with Gasteiger partial charge < -0.3 is 9.47 Å². The molecule has 0 unspecified atom stereocenters. The fourth-order valence-corrected chi connectivity index (χ4v) is 1.54. The molecule has 2 rings (SSSR count). The average Bonchev–Trinajstić information content (AvgIpc) is 2.72. The molecule has 0 fully saturated rings. The fraction of sp³-hybridized carbons (Fsp3) is 0.308. The molecule has 1 aliphatic heterocycles. The van der Waals surface area contributed by atoms with Crippen molar-refractivity contribution in [3.8, 4) is 0 Å². The zero-order valence-electron chi connectivity index (χ0n) is 9.02. The molecule has 0 aliphatic carbocycles. The molecular weight excluding hydrogens is 204 g/mol. The Morgan fingerprint density at radius 3 is 2.75 bits per heavy atom. The number of rotatable bonds is 5. The van der Waals surface area contributed by atoms with Crippen LogP contribution in [0.4, 0.5) is 0 Å². The molecule has 0 amide bonds. The monoisotopic (exact) mass is 218 g/mol. The lowest BCUT2D eigenvalue weighted by Crippen LogP contribution is -2.03. The second-order valence-corrected chi connectivity index (χ2v) is 3.62. The molecule has 3 nitrogen and oxygen atoms in total. The van der Waals surface area contributed by atoms with Gasteiger partial charge in [0.1, 0.15) is 6.61 Å². The maximum absolute atomic E-state index is 11.1. The lowest BCUT2D eigenvalue weighted by molar-refractivity contribution is -0.136. The zero-order chi connectivity index (χ0) is 11.2. The summed E-state index contributed by atoms with van der Waals surface area (Å²) in [6.45, 7) is 1.55. The van der Waals surface area contributed by atoms with Gasteiger partial charge in [-0.1, -0.05) is 30.3 Å². The molecule has 1 heterocycles. The first kappa shape index (κ1) is 10.9. The van der Waals surface area contributed by atoms with Gasteiger partial charge in [0.15, 0.2) is 0 Å². The fourth-order valence-electron chi connectivity index (χ4n) is 1.54. The number of benzene rings is 1. The van der Waals surface area contributed by atoms with Crippen molar-refractivity contribution in [3.05, 3.63) is 47.5 Å². The van der Waals surface area contributed by atoms with Gasteiger partial charge in [-0.3, -0.25) is 0 Å². The first-order valence-corrected chi connectivity index (χ1v) is 5.34. The topological polar surface area (TPSA) is 35.5 Å². The number of ether oxygens (including phenoxy) is 2. The maximum Gasteiger partial charge on any atom is 0.334 e. The van der Waals surface area contributed by atoms with E-state index in [1.807, 2.05) is 36.4 Å². The molecule has 1 aliphatic rings. The third-order valence-electron chi connectivity index (χ3n) is 2.43. The maximum atomic E-state index is 11.1. The van der Waals surface area contributed by atoms with Crippen molar-refractivity contribution in [3.63, 3.8) is 0 Å². The molecule has 1 aromatic carbocycles. The Morgan fingerprint density at radius 1 is 1.25 bits per heavy atom. The molecule has 0 saturated carbocycles. The summed E-state index contributed by atoms with van der Waals surface area (Å²) >= 11 is 0. The summed E-state index contributed by atoms with van der Waals surface area (Å²) < 4.78 is 10.3. The molecule has 0 N–H and O–H groups in total. The quantitative estimate of drug-likeness (QED) is 0.560. The van der Waals surface area contributed by atoms with Crippen LogP contribution in [-0.2, 0) is 20.9 Å². The van der Waals surface area contributed by atoms with E-state index >= 15 is 0 Å². The van der Waals surface area contributed by atoms with Crippen molar-refractivity contribution in [2.75, 3.05) is 13.2 Å². The molecule has 0 aromatic heterocycles. The smallest absolute Gasteiger partial charge is 0.334 e. The van der Waals surface area contributed by atoms with Crippen LogP contribution in [0.25, 0.3) is 0 Å². The van der Waals surface area contributed by atoms with E-state index in [2.05, 4.69) is 0 Å². The van der Waals surface area contributed by atoms with Crippen molar-refractivity contribution >= 4 is 5.97 Å². The third kappa shape index (κ3) is 2.94. The Kier molecular flexibility index (Phi) is 3.72. The minimum Gasteiger partial charge on any atom is -0.458 e. The first-order valence-electron chi connectivity index (χ1n) is 5.34. The van der Waals surface area contributed by atoms with Crippen LogP contribution in [-0.4, -0.2) is 19.2 Å². The highest BCUT2D eigenvalue weighted by molar-refractivity contribution is 5.90. The van der Waals surface area contributed by atoms with Crippen molar-refractivity contribution in [2.45, 2.75) is 13.0 Å². The predicted octanol–water partition coefficient (Wildman–Crippen LogP) is 2.08. The van der Waals surface area contributed by atoms with E-state index in [1.165, 1.54) is 0 Å². The van der Waals surface area contributed by atoms with Gasteiger partial charge in [-0.2, -0.15) is 0 Å². The first-order chi connectivity index (χ1) is 7.86. The molecule has 0 saturated heterocycles. The van der Waals surface area contributed by atoms with E-state index < -0.39 is 0 Å².